The molecular weight excluding hydrogens is 324 g/mol. The minimum atomic E-state index is -0.723. The lowest BCUT2D eigenvalue weighted by atomic mass is 9.95. The first-order chi connectivity index (χ1) is 11.5. The first-order valence-corrected chi connectivity index (χ1v) is 10.6. The molecule has 3 atom stereocenters. The zero-order valence-corrected chi connectivity index (χ0v) is 16.4. The fourth-order valence-electron chi connectivity index (χ4n) is 2.93. The minimum absolute atomic E-state index is 0.0284. The van der Waals surface area contributed by atoms with Crippen LogP contribution in [-0.4, -0.2) is 52.3 Å². The lowest BCUT2D eigenvalue weighted by Crippen LogP contribution is -2.46. The van der Waals surface area contributed by atoms with Crippen molar-refractivity contribution < 1.29 is 9.00 Å². The zero-order chi connectivity index (χ0) is 17.9. The molecule has 0 aliphatic heterocycles. The van der Waals surface area contributed by atoms with E-state index < -0.39 is 10.8 Å². The molecule has 1 fully saturated rings. The van der Waals surface area contributed by atoms with Crippen molar-refractivity contribution in [3.05, 3.63) is 0 Å². The van der Waals surface area contributed by atoms with Crippen molar-refractivity contribution in [2.45, 2.75) is 77.1 Å². The molecule has 0 bridgehead atoms. The summed E-state index contributed by atoms with van der Waals surface area (Å²) in [7, 11) is -0.723. The van der Waals surface area contributed by atoms with Crippen LogP contribution in [0.3, 0.4) is 0 Å². The minimum Gasteiger partial charge on any atom is -0.357 e. The summed E-state index contributed by atoms with van der Waals surface area (Å²) in [5.41, 5.74) is 0. The normalized spacial score (nSPS) is 23.0. The van der Waals surface area contributed by atoms with Gasteiger partial charge in [-0.05, 0) is 40.0 Å². The number of carbonyl (C=O) groups excluding carboxylic acids is 1. The first kappa shape index (κ1) is 20.9. The molecule has 6 nitrogen and oxygen atoms in total. The van der Waals surface area contributed by atoms with Crippen LogP contribution in [-0.2, 0) is 15.6 Å². The van der Waals surface area contributed by atoms with E-state index in [2.05, 4.69) is 20.9 Å². The summed E-state index contributed by atoms with van der Waals surface area (Å²) in [5, 5.41) is 9.85. The van der Waals surface area contributed by atoms with Crippen molar-refractivity contribution in [3.8, 4) is 0 Å². The van der Waals surface area contributed by atoms with E-state index in [1.165, 1.54) is 0 Å². The molecule has 0 radical (unpaired) electrons. The quantitative estimate of drug-likeness (QED) is 0.454. The third-order valence-electron chi connectivity index (χ3n) is 4.03. The van der Waals surface area contributed by atoms with Gasteiger partial charge in [0.15, 0.2) is 5.96 Å². The lowest BCUT2D eigenvalue weighted by molar-refractivity contribution is -0.121. The van der Waals surface area contributed by atoms with Gasteiger partial charge in [-0.15, -0.1) is 0 Å². The van der Waals surface area contributed by atoms with Crippen molar-refractivity contribution in [2.24, 2.45) is 4.99 Å². The predicted octanol–water partition coefficient (Wildman–Crippen LogP) is 1.54. The maximum atomic E-state index is 12.1. The van der Waals surface area contributed by atoms with Crippen LogP contribution in [0.4, 0.5) is 0 Å². The van der Waals surface area contributed by atoms with Crippen molar-refractivity contribution in [1.82, 2.24) is 16.0 Å². The lowest BCUT2D eigenvalue weighted by Gasteiger charge is -2.30. The first-order valence-electron chi connectivity index (χ1n) is 9.17. The summed E-state index contributed by atoms with van der Waals surface area (Å²) in [6.45, 7) is 9.16. The average Bonchev–Trinajstić information content (AvgIpc) is 2.53. The Labute approximate surface area is 149 Å². The molecule has 3 unspecified atom stereocenters. The van der Waals surface area contributed by atoms with Crippen LogP contribution in [0.15, 0.2) is 4.99 Å². The highest BCUT2D eigenvalue weighted by Gasteiger charge is 2.26. The third kappa shape index (κ3) is 8.13. The van der Waals surface area contributed by atoms with Gasteiger partial charge in [-0.2, -0.15) is 0 Å². The Bertz CT molecular complexity index is 440. The van der Waals surface area contributed by atoms with E-state index in [0.717, 1.165) is 43.9 Å². The summed E-state index contributed by atoms with van der Waals surface area (Å²) in [4.78, 5) is 16.2. The predicted molar refractivity (Wildman–Crippen MR) is 102 cm³/mol. The van der Waals surface area contributed by atoms with Gasteiger partial charge in [-0.1, -0.05) is 13.3 Å². The standard InChI is InChI=1S/C17H34N4O2S/c1-5-18-17(19-11-10-16(22)20-13(3)4)21-14-8-7-9-15(12-14)24(23)6-2/h13-15H,5-12H2,1-4H3,(H,20,22)(H2,18,19,21). The number of nitrogens with one attached hydrogen (secondary N) is 3. The molecule has 0 aromatic heterocycles. The van der Waals surface area contributed by atoms with E-state index in [1.54, 1.807) is 0 Å². The smallest absolute Gasteiger partial charge is 0.222 e. The topological polar surface area (TPSA) is 82.6 Å². The number of hydrogen-bond donors (Lipinski definition) is 3. The molecule has 0 aromatic rings. The highest BCUT2D eigenvalue weighted by molar-refractivity contribution is 7.85. The number of amides is 1. The van der Waals surface area contributed by atoms with Crippen LogP contribution in [0.2, 0.25) is 0 Å². The Balaban J connectivity index is 2.50. The number of guanidine groups is 1. The highest BCUT2D eigenvalue weighted by atomic mass is 32.2. The van der Waals surface area contributed by atoms with Crippen LogP contribution in [0.1, 0.15) is 59.8 Å². The van der Waals surface area contributed by atoms with Crippen molar-refractivity contribution in [3.63, 3.8) is 0 Å². The Morgan fingerprint density at radius 2 is 2.04 bits per heavy atom. The summed E-state index contributed by atoms with van der Waals surface area (Å²) in [6.07, 6.45) is 4.56. The van der Waals surface area contributed by atoms with Gasteiger partial charge in [0, 0.05) is 46.9 Å². The average molecular weight is 359 g/mol. The Morgan fingerprint density at radius 3 is 2.67 bits per heavy atom. The molecule has 1 rings (SSSR count). The van der Waals surface area contributed by atoms with Gasteiger partial charge in [0.2, 0.25) is 5.91 Å². The van der Waals surface area contributed by atoms with Crippen molar-refractivity contribution in [1.29, 1.82) is 0 Å². The molecule has 0 saturated heterocycles. The second-order valence-corrected chi connectivity index (χ2v) is 8.54. The Kier molecular flexibility index (Phi) is 9.98. The van der Waals surface area contributed by atoms with Gasteiger partial charge in [0.05, 0.1) is 6.54 Å². The largest absolute Gasteiger partial charge is 0.357 e. The van der Waals surface area contributed by atoms with Crippen LogP contribution in [0, 0.1) is 0 Å². The molecule has 0 heterocycles. The second kappa shape index (κ2) is 11.4. The fraction of sp³-hybridized carbons (Fsp3) is 0.882. The molecule has 1 aliphatic carbocycles. The number of carbonyl (C=O) groups is 1. The number of aliphatic imine (C=N–C) groups is 1. The Morgan fingerprint density at radius 1 is 1.29 bits per heavy atom. The van der Waals surface area contributed by atoms with Crippen LogP contribution >= 0.6 is 0 Å². The molecule has 1 amide bonds. The fourth-order valence-corrected chi connectivity index (χ4v) is 4.28. The second-order valence-electron chi connectivity index (χ2n) is 6.53. The van der Waals surface area contributed by atoms with E-state index in [4.69, 9.17) is 0 Å². The summed E-state index contributed by atoms with van der Waals surface area (Å²) >= 11 is 0. The third-order valence-corrected chi connectivity index (χ3v) is 5.77. The van der Waals surface area contributed by atoms with E-state index in [9.17, 15) is 9.00 Å². The van der Waals surface area contributed by atoms with Crippen LogP contribution in [0.25, 0.3) is 0 Å². The van der Waals surface area contributed by atoms with E-state index in [-0.39, 0.29) is 11.9 Å². The molecule has 7 heteroatoms. The molecular formula is C17H34N4O2S. The SMILES string of the molecule is CCNC(=NCCC(=O)NC(C)C)NC1CCCC(S(=O)CC)C1. The summed E-state index contributed by atoms with van der Waals surface area (Å²) in [6, 6.07) is 0.466. The maximum absolute atomic E-state index is 12.1. The molecule has 140 valence electrons. The summed E-state index contributed by atoms with van der Waals surface area (Å²) in [5.74, 6) is 1.51. The van der Waals surface area contributed by atoms with E-state index >= 15 is 0 Å². The van der Waals surface area contributed by atoms with Gasteiger partial charge >= 0.3 is 0 Å². The number of hydrogen-bond acceptors (Lipinski definition) is 3. The van der Waals surface area contributed by atoms with Gasteiger partial charge in [-0.3, -0.25) is 14.0 Å². The molecule has 1 saturated carbocycles. The van der Waals surface area contributed by atoms with E-state index in [1.807, 2.05) is 27.7 Å². The van der Waals surface area contributed by atoms with Crippen molar-refractivity contribution >= 4 is 22.7 Å². The maximum Gasteiger partial charge on any atom is 0.222 e. The molecule has 3 N–H and O–H groups in total. The molecule has 0 spiro atoms. The van der Waals surface area contributed by atoms with Crippen molar-refractivity contribution in [2.75, 3.05) is 18.8 Å². The summed E-state index contributed by atoms with van der Waals surface area (Å²) < 4.78 is 12.1. The Hall–Kier alpha value is -1.11. The van der Waals surface area contributed by atoms with Crippen LogP contribution in [0.5, 0.6) is 0 Å². The van der Waals surface area contributed by atoms with Gasteiger partial charge < -0.3 is 16.0 Å². The van der Waals surface area contributed by atoms with Crippen LogP contribution < -0.4 is 16.0 Å². The van der Waals surface area contributed by atoms with Gasteiger partial charge in [0.25, 0.3) is 0 Å². The molecule has 1 aliphatic rings. The monoisotopic (exact) mass is 358 g/mol. The van der Waals surface area contributed by atoms with Gasteiger partial charge in [-0.25, -0.2) is 0 Å². The molecule has 24 heavy (non-hydrogen) atoms. The highest BCUT2D eigenvalue weighted by Crippen LogP contribution is 2.22. The van der Waals surface area contributed by atoms with Gasteiger partial charge in [0.1, 0.15) is 0 Å². The number of nitrogens with zero attached hydrogens (tertiary/aromatic N) is 1. The number of rotatable bonds is 8. The molecule has 0 aromatic carbocycles. The zero-order valence-electron chi connectivity index (χ0n) is 15.6. The van der Waals surface area contributed by atoms with E-state index in [0.29, 0.717) is 24.3 Å².